The summed E-state index contributed by atoms with van der Waals surface area (Å²) in [6.07, 6.45) is 0.603. The Bertz CT molecular complexity index is 833. The standard InChI is InChI=1S/C22H26N2O4/c1-16-5-3-4-6-21(16)17-7-9-18(10-8-17)22(26)24-14-19(23-27-2)13-20(24)15-28-12-11-25/h3-10,20,25H,11-15H2,1-2H3/b23-19-/t20-/m0/s1. The molecule has 1 fully saturated rings. The first-order valence-electron chi connectivity index (χ1n) is 9.38. The smallest absolute Gasteiger partial charge is 0.254 e. The van der Waals surface area contributed by atoms with Crippen LogP contribution in [0.1, 0.15) is 22.3 Å². The van der Waals surface area contributed by atoms with Crippen LogP contribution in [0.3, 0.4) is 0 Å². The number of hydrogen-bond acceptors (Lipinski definition) is 5. The lowest BCUT2D eigenvalue weighted by Gasteiger charge is -2.24. The van der Waals surface area contributed by atoms with Crippen LogP contribution >= 0.6 is 0 Å². The Kier molecular flexibility index (Phi) is 6.79. The van der Waals surface area contributed by atoms with Gasteiger partial charge in [-0.05, 0) is 35.7 Å². The molecular weight excluding hydrogens is 356 g/mol. The van der Waals surface area contributed by atoms with Crippen LogP contribution in [-0.2, 0) is 9.57 Å². The average molecular weight is 382 g/mol. The van der Waals surface area contributed by atoms with Crippen molar-refractivity contribution in [3.8, 4) is 11.1 Å². The Morgan fingerprint density at radius 1 is 1.21 bits per heavy atom. The van der Waals surface area contributed by atoms with E-state index in [4.69, 9.17) is 14.7 Å². The number of aliphatic hydroxyl groups excluding tert-OH is 1. The fourth-order valence-electron chi connectivity index (χ4n) is 3.49. The number of amides is 1. The average Bonchev–Trinajstić information content (AvgIpc) is 3.11. The molecule has 1 aliphatic rings. The van der Waals surface area contributed by atoms with E-state index in [2.05, 4.69) is 24.2 Å². The first kappa shape index (κ1) is 20.0. The molecule has 28 heavy (non-hydrogen) atoms. The lowest BCUT2D eigenvalue weighted by atomic mass is 9.99. The molecule has 2 aromatic rings. The third kappa shape index (κ3) is 4.58. The molecule has 1 heterocycles. The van der Waals surface area contributed by atoms with Crippen LogP contribution in [0.5, 0.6) is 0 Å². The number of likely N-dealkylation sites (tertiary alicyclic amines) is 1. The van der Waals surface area contributed by atoms with Gasteiger partial charge in [-0.3, -0.25) is 4.79 Å². The van der Waals surface area contributed by atoms with Crippen LogP contribution in [0.15, 0.2) is 53.7 Å². The predicted molar refractivity (Wildman–Crippen MR) is 108 cm³/mol. The summed E-state index contributed by atoms with van der Waals surface area (Å²) >= 11 is 0. The highest BCUT2D eigenvalue weighted by molar-refractivity contribution is 6.00. The van der Waals surface area contributed by atoms with Gasteiger partial charge in [0.05, 0.1) is 38.1 Å². The highest BCUT2D eigenvalue weighted by Gasteiger charge is 2.34. The van der Waals surface area contributed by atoms with Crippen molar-refractivity contribution in [3.05, 3.63) is 59.7 Å². The van der Waals surface area contributed by atoms with Crippen molar-refractivity contribution in [3.63, 3.8) is 0 Å². The number of rotatable bonds is 7. The maximum absolute atomic E-state index is 13.1. The highest BCUT2D eigenvalue weighted by atomic mass is 16.6. The Morgan fingerprint density at radius 3 is 2.64 bits per heavy atom. The number of aryl methyl sites for hydroxylation is 1. The molecule has 3 rings (SSSR count). The second-order valence-electron chi connectivity index (χ2n) is 6.82. The van der Waals surface area contributed by atoms with Crippen LogP contribution in [-0.4, -0.2) is 61.1 Å². The fourth-order valence-corrected chi connectivity index (χ4v) is 3.49. The molecular formula is C22H26N2O4. The maximum Gasteiger partial charge on any atom is 0.254 e. The van der Waals surface area contributed by atoms with Gasteiger partial charge < -0.3 is 19.6 Å². The van der Waals surface area contributed by atoms with Crippen molar-refractivity contribution in [2.45, 2.75) is 19.4 Å². The largest absolute Gasteiger partial charge is 0.399 e. The second kappa shape index (κ2) is 9.48. The number of oxime groups is 1. The van der Waals surface area contributed by atoms with Crippen LogP contribution in [0.2, 0.25) is 0 Å². The van der Waals surface area contributed by atoms with Gasteiger partial charge in [-0.25, -0.2) is 0 Å². The minimum atomic E-state index is -0.121. The van der Waals surface area contributed by atoms with Gasteiger partial charge in [-0.15, -0.1) is 0 Å². The molecule has 0 bridgehead atoms. The zero-order valence-electron chi connectivity index (χ0n) is 16.3. The minimum absolute atomic E-state index is 0.0416. The molecule has 6 nitrogen and oxygen atoms in total. The predicted octanol–water partition coefficient (Wildman–Crippen LogP) is 2.89. The lowest BCUT2D eigenvalue weighted by molar-refractivity contribution is 0.0438. The summed E-state index contributed by atoms with van der Waals surface area (Å²) in [4.78, 5) is 19.7. The van der Waals surface area contributed by atoms with Crippen LogP contribution < -0.4 is 0 Å². The lowest BCUT2D eigenvalue weighted by Crippen LogP contribution is -2.38. The van der Waals surface area contributed by atoms with Crippen molar-refractivity contribution in [1.82, 2.24) is 4.90 Å². The molecule has 6 heteroatoms. The third-order valence-electron chi connectivity index (χ3n) is 4.88. The molecule has 0 saturated carbocycles. The zero-order chi connectivity index (χ0) is 19.9. The molecule has 148 valence electrons. The fraction of sp³-hybridized carbons (Fsp3) is 0.364. The minimum Gasteiger partial charge on any atom is -0.399 e. The van der Waals surface area contributed by atoms with Gasteiger partial charge in [0.1, 0.15) is 7.11 Å². The van der Waals surface area contributed by atoms with Crippen molar-refractivity contribution in [2.75, 3.05) is 33.5 Å². The monoisotopic (exact) mass is 382 g/mol. The van der Waals surface area contributed by atoms with Gasteiger partial charge in [0.2, 0.25) is 0 Å². The summed E-state index contributed by atoms with van der Waals surface area (Å²) in [5.41, 5.74) is 4.88. The van der Waals surface area contributed by atoms with Crippen LogP contribution in [0.25, 0.3) is 11.1 Å². The van der Waals surface area contributed by atoms with Crippen LogP contribution in [0.4, 0.5) is 0 Å². The summed E-state index contributed by atoms with van der Waals surface area (Å²) in [5.74, 6) is -0.0600. The number of carbonyl (C=O) groups excluding carboxylic acids is 1. The molecule has 0 aliphatic carbocycles. The molecule has 0 aromatic heterocycles. The second-order valence-corrected chi connectivity index (χ2v) is 6.82. The quantitative estimate of drug-likeness (QED) is 0.590. The van der Waals surface area contributed by atoms with E-state index in [0.717, 1.165) is 16.8 Å². The topological polar surface area (TPSA) is 71.4 Å². The first-order chi connectivity index (χ1) is 13.6. The summed E-state index contributed by atoms with van der Waals surface area (Å²) in [7, 11) is 1.50. The zero-order valence-corrected chi connectivity index (χ0v) is 16.3. The van der Waals surface area contributed by atoms with E-state index in [1.807, 2.05) is 36.4 Å². The SMILES string of the molecule is CO/N=C1/C[C@@H](COCCO)N(C(=O)c2ccc(-c3ccccc3C)cc2)C1. The summed E-state index contributed by atoms with van der Waals surface area (Å²) < 4.78 is 5.46. The molecule has 1 N–H and O–H groups in total. The van der Waals surface area contributed by atoms with Gasteiger partial charge in [0.15, 0.2) is 0 Å². The summed E-state index contributed by atoms with van der Waals surface area (Å²) in [6, 6.07) is 15.7. The number of ether oxygens (including phenoxy) is 1. The molecule has 1 saturated heterocycles. The van der Waals surface area contributed by atoms with Crippen LogP contribution in [0, 0.1) is 6.92 Å². The van der Waals surface area contributed by atoms with E-state index >= 15 is 0 Å². The molecule has 0 radical (unpaired) electrons. The van der Waals surface area contributed by atoms with Crippen molar-refractivity contribution in [1.29, 1.82) is 0 Å². The van der Waals surface area contributed by atoms with Crippen molar-refractivity contribution < 1.29 is 19.5 Å². The summed E-state index contributed by atoms with van der Waals surface area (Å²) in [5, 5.41) is 12.9. The highest BCUT2D eigenvalue weighted by Crippen LogP contribution is 2.25. The van der Waals surface area contributed by atoms with Crippen molar-refractivity contribution >= 4 is 11.6 Å². The van der Waals surface area contributed by atoms with E-state index in [1.54, 1.807) is 4.90 Å². The van der Waals surface area contributed by atoms with E-state index in [-0.39, 0.29) is 25.2 Å². The van der Waals surface area contributed by atoms with E-state index in [0.29, 0.717) is 25.1 Å². The molecule has 1 aliphatic heterocycles. The maximum atomic E-state index is 13.1. The van der Waals surface area contributed by atoms with Crippen molar-refractivity contribution in [2.24, 2.45) is 5.16 Å². The Morgan fingerprint density at radius 2 is 1.96 bits per heavy atom. The molecule has 1 atom stereocenters. The van der Waals surface area contributed by atoms with Gasteiger partial charge >= 0.3 is 0 Å². The number of nitrogens with zero attached hydrogens (tertiary/aromatic N) is 2. The van der Waals surface area contributed by atoms with E-state index < -0.39 is 0 Å². The Hall–Kier alpha value is -2.70. The van der Waals surface area contributed by atoms with E-state index in [9.17, 15) is 4.79 Å². The van der Waals surface area contributed by atoms with Gasteiger partial charge in [0.25, 0.3) is 5.91 Å². The number of hydrogen-bond donors (Lipinski definition) is 1. The van der Waals surface area contributed by atoms with Gasteiger partial charge in [-0.1, -0.05) is 41.6 Å². The first-order valence-corrected chi connectivity index (χ1v) is 9.38. The summed E-state index contributed by atoms with van der Waals surface area (Å²) in [6.45, 7) is 3.06. The number of aliphatic hydroxyl groups is 1. The van der Waals surface area contributed by atoms with E-state index in [1.165, 1.54) is 12.7 Å². The number of carbonyl (C=O) groups is 1. The molecule has 2 aromatic carbocycles. The molecule has 1 amide bonds. The van der Waals surface area contributed by atoms with Gasteiger partial charge in [-0.2, -0.15) is 0 Å². The Balaban J connectivity index is 1.77. The normalized spacial score (nSPS) is 17.9. The Labute approximate surface area is 165 Å². The van der Waals surface area contributed by atoms with Gasteiger partial charge in [0, 0.05) is 12.0 Å². The third-order valence-corrected chi connectivity index (χ3v) is 4.88. The molecule has 0 unspecified atom stereocenters. The number of benzene rings is 2. The molecule has 0 spiro atoms.